The molecule has 13 heavy (non-hydrogen) atoms. The molecule has 0 aliphatic rings. The van der Waals surface area contributed by atoms with Crippen molar-refractivity contribution in [2.75, 3.05) is 7.05 Å². The Labute approximate surface area is 76.2 Å². The van der Waals surface area contributed by atoms with E-state index in [-0.39, 0.29) is 5.91 Å². The molecule has 1 amide bonds. The van der Waals surface area contributed by atoms with Gasteiger partial charge in [0.05, 0.1) is 11.8 Å². The SMILES string of the molecule is CNC(=O)C(C#N)c1ccccn1. The minimum absolute atomic E-state index is 0.332. The lowest BCUT2D eigenvalue weighted by Gasteiger charge is -2.05. The van der Waals surface area contributed by atoms with Crippen LogP contribution in [0.1, 0.15) is 11.6 Å². The second-order valence-electron chi connectivity index (χ2n) is 2.43. The van der Waals surface area contributed by atoms with E-state index < -0.39 is 5.92 Å². The first-order chi connectivity index (χ1) is 6.29. The van der Waals surface area contributed by atoms with Gasteiger partial charge in [0.25, 0.3) is 0 Å². The van der Waals surface area contributed by atoms with Gasteiger partial charge in [0.2, 0.25) is 5.91 Å². The predicted molar refractivity (Wildman–Crippen MR) is 46.7 cm³/mol. The fraction of sp³-hybridized carbons (Fsp3) is 0.222. The Bertz CT molecular complexity index is 328. The molecule has 0 saturated heterocycles. The largest absolute Gasteiger partial charge is 0.358 e. The third-order valence-corrected chi connectivity index (χ3v) is 1.62. The zero-order valence-electron chi connectivity index (χ0n) is 7.19. The lowest BCUT2D eigenvalue weighted by atomic mass is 10.1. The molecular weight excluding hydrogens is 166 g/mol. The number of hydrogen-bond acceptors (Lipinski definition) is 3. The van der Waals surface area contributed by atoms with Crippen LogP contribution in [0, 0.1) is 11.3 Å². The third-order valence-electron chi connectivity index (χ3n) is 1.62. The van der Waals surface area contributed by atoms with Gasteiger partial charge in [-0.2, -0.15) is 5.26 Å². The van der Waals surface area contributed by atoms with Crippen molar-refractivity contribution in [1.82, 2.24) is 10.3 Å². The van der Waals surface area contributed by atoms with E-state index in [0.29, 0.717) is 5.69 Å². The minimum atomic E-state index is -0.814. The number of hydrogen-bond donors (Lipinski definition) is 1. The standard InChI is InChI=1S/C9H9N3O/c1-11-9(13)7(6-10)8-4-2-3-5-12-8/h2-5,7H,1H3,(H,11,13). The van der Waals surface area contributed by atoms with E-state index in [1.54, 1.807) is 24.4 Å². The maximum Gasteiger partial charge on any atom is 0.243 e. The van der Waals surface area contributed by atoms with Gasteiger partial charge >= 0.3 is 0 Å². The van der Waals surface area contributed by atoms with Crippen LogP contribution in [-0.4, -0.2) is 17.9 Å². The van der Waals surface area contributed by atoms with Gasteiger partial charge in [-0.05, 0) is 12.1 Å². The van der Waals surface area contributed by atoms with Crippen molar-refractivity contribution in [3.8, 4) is 6.07 Å². The first-order valence-corrected chi connectivity index (χ1v) is 3.81. The van der Waals surface area contributed by atoms with E-state index in [1.165, 1.54) is 7.05 Å². The highest BCUT2D eigenvalue weighted by Crippen LogP contribution is 2.10. The first-order valence-electron chi connectivity index (χ1n) is 3.81. The number of amides is 1. The molecule has 1 heterocycles. The number of nitrogens with zero attached hydrogens (tertiary/aromatic N) is 2. The fourth-order valence-corrected chi connectivity index (χ4v) is 0.950. The molecule has 0 aromatic carbocycles. The van der Waals surface area contributed by atoms with Gasteiger partial charge in [-0.15, -0.1) is 0 Å². The van der Waals surface area contributed by atoms with Crippen molar-refractivity contribution in [2.24, 2.45) is 0 Å². The fourth-order valence-electron chi connectivity index (χ4n) is 0.950. The van der Waals surface area contributed by atoms with Gasteiger partial charge in [-0.1, -0.05) is 6.07 Å². The highest BCUT2D eigenvalue weighted by Gasteiger charge is 2.19. The van der Waals surface area contributed by atoms with Crippen molar-refractivity contribution < 1.29 is 4.79 Å². The Hall–Kier alpha value is -1.89. The molecule has 0 saturated carbocycles. The average Bonchev–Trinajstić information content (AvgIpc) is 2.20. The molecule has 1 rings (SSSR count). The monoisotopic (exact) mass is 175 g/mol. The second-order valence-corrected chi connectivity index (χ2v) is 2.43. The lowest BCUT2D eigenvalue weighted by molar-refractivity contribution is -0.120. The zero-order valence-corrected chi connectivity index (χ0v) is 7.19. The van der Waals surface area contributed by atoms with Crippen LogP contribution in [0.2, 0.25) is 0 Å². The van der Waals surface area contributed by atoms with E-state index in [0.717, 1.165) is 0 Å². The van der Waals surface area contributed by atoms with Crippen LogP contribution in [0.15, 0.2) is 24.4 Å². The molecule has 4 nitrogen and oxygen atoms in total. The Morgan fingerprint density at radius 1 is 1.69 bits per heavy atom. The summed E-state index contributed by atoms with van der Waals surface area (Å²) in [6.45, 7) is 0. The van der Waals surface area contributed by atoms with E-state index in [4.69, 9.17) is 5.26 Å². The summed E-state index contributed by atoms with van der Waals surface area (Å²) < 4.78 is 0. The summed E-state index contributed by atoms with van der Waals surface area (Å²) in [5.74, 6) is -1.15. The molecule has 1 aromatic heterocycles. The second kappa shape index (κ2) is 4.21. The molecule has 66 valence electrons. The van der Waals surface area contributed by atoms with Crippen LogP contribution >= 0.6 is 0 Å². The number of nitriles is 1. The van der Waals surface area contributed by atoms with Crippen molar-refractivity contribution in [2.45, 2.75) is 5.92 Å². The smallest absolute Gasteiger partial charge is 0.243 e. The Kier molecular flexibility index (Phi) is 2.98. The quantitative estimate of drug-likeness (QED) is 0.709. The molecule has 0 aliphatic heterocycles. The highest BCUT2D eigenvalue weighted by atomic mass is 16.1. The van der Waals surface area contributed by atoms with Gasteiger partial charge in [-0.3, -0.25) is 9.78 Å². The Morgan fingerprint density at radius 2 is 2.46 bits per heavy atom. The summed E-state index contributed by atoms with van der Waals surface area (Å²) in [6.07, 6.45) is 1.56. The molecule has 1 aromatic rings. The number of likely N-dealkylation sites (N-methyl/N-ethyl adjacent to an activating group) is 1. The normalized spacial score (nSPS) is 11.4. The summed E-state index contributed by atoms with van der Waals surface area (Å²) in [6, 6.07) is 7.03. The number of carbonyl (C=O) groups is 1. The first kappa shape index (κ1) is 9.20. The number of nitrogens with one attached hydrogen (secondary N) is 1. The van der Waals surface area contributed by atoms with Gasteiger partial charge in [0.1, 0.15) is 0 Å². The van der Waals surface area contributed by atoms with E-state index in [2.05, 4.69) is 10.3 Å². The van der Waals surface area contributed by atoms with Crippen molar-refractivity contribution in [3.05, 3.63) is 30.1 Å². The summed E-state index contributed by atoms with van der Waals surface area (Å²) in [4.78, 5) is 15.1. The van der Waals surface area contributed by atoms with Crippen LogP contribution in [-0.2, 0) is 4.79 Å². The van der Waals surface area contributed by atoms with Crippen molar-refractivity contribution >= 4 is 5.91 Å². The van der Waals surface area contributed by atoms with E-state index in [1.807, 2.05) is 6.07 Å². The zero-order chi connectivity index (χ0) is 9.68. The van der Waals surface area contributed by atoms with Crippen molar-refractivity contribution in [1.29, 1.82) is 5.26 Å². The summed E-state index contributed by atoms with van der Waals surface area (Å²) >= 11 is 0. The number of rotatable bonds is 2. The predicted octanol–water partition coefficient (Wildman–Crippen LogP) is 0.435. The summed E-state index contributed by atoms with van der Waals surface area (Å²) in [5.41, 5.74) is 0.476. The van der Waals surface area contributed by atoms with Crippen molar-refractivity contribution in [3.63, 3.8) is 0 Å². The summed E-state index contributed by atoms with van der Waals surface area (Å²) in [7, 11) is 1.50. The maximum absolute atomic E-state index is 11.2. The summed E-state index contributed by atoms with van der Waals surface area (Å²) in [5, 5.41) is 11.1. The topological polar surface area (TPSA) is 65.8 Å². The number of carbonyl (C=O) groups excluding carboxylic acids is 1. The maximum atomic E-state index is 11.2. The van der Waals surface area contributed by atoms with Crippen LogP contribution in [0.5, 0.6) is 0 Å². The van der Waals surface area contributed by atoms with Gasteiger partial charge in [-0.25, -0.2) is 0 Å². The van der Waals surface area contributed by atoms with Gasteiger partial charge in [0, 0.05) is 13.2 Å². The third kappa shape index (κ3) is 2.03. The molecule has 0 spiro atoms. The minimum Gasteiger partial charge on any atom is -0.358 e. The highest BCUT2D eigenvalue weighted by molar-refractivity contribution is 5.85. The molecule has 0 aliphatic carbocycles. The van der Waals surface area contributed by atoms with E-state index >= 15 is 0 Å². The molecule has 1 unspecified atom stereocenters. The van der Waals surface area contributed by atoms with Gasteiger partial charge < -0.3 is 5.32 Å². The number of aromatic nitrogens is 1. The van der Waals surface area contributed by atoms with E-state index in [9.17, 15) is 4.79 Å². The lowest BCUT2D eigenvalue weighted by Crippen LogP contribution is -2.25. The molecule has 0 radical (unpaired) electrons. The van der Waals surface area contributed by atoms with Crippen LogP contribution in [0.3, 0.4) is 0 Å². The Morgan fingerprint density at radius 3 is 2.92 bits per heavy atom. The molecular formula is C9H9N3O. The van der Waals surface area contributed by atoms with Crippen LogP contribution in [0.25, 0.3) is 0 Å². The molecule has 0 fully saturated rings. The average molecular weight is 175 g/mol. The molecule has 4 heteroatoms. The molecule has 1 atom stereocenters. The van der Waals surface area contributed by atoms with Gasteiger partial charge in [0.15, 0.2) is 5.92 Å². The molecule has 1 N–H and O–H groups in total. The molecule has 0 bridgehead atoms. The van der Waals surface area contributed by atoms with Crippen LogP contribution in [0.4, 0.5) is 0 Å². The Balaban J connectivity index is 2.93. The number of pyridine rings is 1. The van der Waals surface area contributed by atoms with Crippen LogP contribution < -0.4 is 5.32 Å².